The first-order valence-corrected chi connectivity index (χ1v) is 4.46. The van der Waals surface area contributed by atoms with Gasteiger partial charge in [-0.15, -0.1) is 11.3 Å². The van der Waals surface area contributed by atoms with Gasteiger partial charge < -0.3 is 0 Å². The first-order chi connectivity index (χ1) is 6.17. The molecule has 0 aliphatic rings. The van der Waals surface area contributed by atoms with Crippen molar-refractivity contribution in [1.82, 2.24) is 4.98 Å². The van der Waals surface area contributed by atoms with E-state index in [0.717, 1.165) is 5.01 Å². The van der Waals surface area contributed by atoms with Crippen molar-refractivity contribution in [2.45, 2.75) is 6.92 Å². The summed E-state index contributed by atoms with van der Waals surface area (Å²) >= 11 is 7.12. The SMILES string of the molecule is [C-]#[N+]C(=Cc1sc(C)nc1Cl)[N+]#[C-]. The van der Waals surface area contributed by atoms with Crippen molar-refractivity contribution in [3.05, 3.63) is 43.7 Å². The third-order valence-electron chi connectivity index (χ3n) is 1.21. The van der Waals surface area contributed by atoms with Crippen molar-refractivity contribution in [2.24, 2.45) is 0 Å². The van der Waals surface area contributed by atoms with Crippen molar-refractivity contribution in [1.29, 1.82) is 0 Å². The van der Waals surface area contributed by atoms with Crippen LogP contribution in [0.25, 0.3) is 15.8 Å². The Kier molecular flexibility index (Phi) is 3.02. The molecule has 1 heterocycles. The minimum absolute atomic E-state index is 0.00514. The van der Waals surface area contributed by atoms with E-state index in [1.165, 1.54) is 17.4 Å². The molecule has 0 aliphatic carbocycles. The highest BCUT2D eigenvalue weighted by Gasteiger charge is 2.09. The van der Waals surface area contributed by atoms with Crippen molar-refractivity contribution < 1.29 is 0 Å². The van der Waals surface area contributed by atoms with Crippen LogP contribution in [0.1, 0.15) is 9.88 Å². The fourth-order valence-corrected chi connectivity index (χ4v) is 1.81. The van der Waals surface area contributed by atoms with E-state index in [1.54, 1.807) is 0 Å². The summed E-state index contributed by atoms with van der Waals surface area (Å²) in [6.07, 6.45) is 1.45. The summed E-state index contributed by atoms with van der Waals surface area (Å²) in [5.74, 6) is 0.00514. The van der Waals surface area contributed by atoms with Crippen molar-refractivity contribution in [3.8, 4) is 0 Å². The molecule has 1 rings (SSSR count). The minimum Gasteiger partial charge on any atom is -0.229 e. The minimum atomic E-state index is 0.00514. The lowest BCUT2D eigenvalue weighted by Crippen LogP contribution is -1.68. The lowest BCUT2D eigenvalue weighted by Gasteiger charge is -1.80. The first-order valence-electron chi connectivity index (χ1n) is 3.27. The standard InChI is InChI=1S/C8H4ClN3S/c1-5-12-8(9)6(13-5)4-7(10-2)11-3/h4H,1H3. The third kappa shape index (κ3) is 2.29. The van der Waals surface area contributed by atoms with Gasteiger partial charge in [-0.05, 0) is 6.92 Å². The number of nitrogens with zero attached hydrogens (tertiary/aromatic N) is 3. The molecule has 0 bridgehead atoms. The molecule has 64 valence electrons. The number of thiazole rings is 1. The predicted octanol–water partition coefficient (Wildman–Crippen LogP) is 3.24. The summed E-state index contributed by atoms with van der Waals surface area (Å²) in [7, 11) is 0. The van der Waals surface area contributed by atoms with Gasteiger partial charge in [0.15, 0.2) is 0 Å². The van der Waals surface area contributed by atoms with Crippen molar-refractivity contribution in [2.75, 3.05) is 0 Å². The molecule has 3 nitrogen and oxygen atoms in total. The molecule has 0 radical (unpaired) electrons. The van der Waals surface area contributed by atoms with E-state index in [4.69, 9.17) is 24.7 Å². The number of aryl methyl sites for hydroxylation is 1. The number of aromatic nitrogens is 1. The lowest BCUT2D eigenvalue weighted by atomic mass is 10.5. The van der Waals surface area contributed by atoms with Crippen LogP contribution in [0, 0.1) is 20.1 Å². The molecule has 1 aromatic heterocycles. The normalized spacial score (nSPS) is 8.62. The Labute approximate surface area is 84.9 Å². The molecule has 0 saturated heterocycles. The molecular formula is C8H4ClN3S. The van der Waals surface area contributed by atoms with Crippen LogP contribution in [0.2, 0.25) is 5.15 Å². The van der Waals surface area contributed by atoms with E-state index in [-0.39, 0.29) is 5.82 Å². The maximum absolute atomic E-state index is 6.67. The number of hydrogen-bond acceptors (Lipinski definition) is 2. The molecule has 0 aromatic carbocycles. The second-order valence-electron chi connectivity index (χ2n) is 2.11. The largest absolute Gasteiger partial charge is 0.520 e. The molecule has 0 fully saturated rings. The highest BCUT2D eigenvalue weighted by Crippen LogP contribution is 2.25. The lowest BCUT2D eigenvalue weighted by molar-refractivity contribution is 1.30. The second kappa shape index (κ2) is 4.04. The van der Waals surface area contributed by atoms with Crippen LogP contribution >= 0.6 is 22.9 Å². The fourth-order valence-electron chi connectivity index (χ4n) is 0.713. The Morgan fingerprint density at radius 1 is 1.54 bits per heavy atom. The highest BCUT2D eigenvalue weighted by molar-refractivity contribution is 7.13. The van der Waals surface area contributed by atoms with E-state index in [9.17, 15) is 0 Å². The summed E-state index contributed by atoms with van der Waals surface area (Å²) in [5.41, 5.74) is 0. The molecule has 0 spiro atoms. The molecule has 13 heavy (non-hydrogen) atoms. The summed E-state index contributed by atoms with van der Waals surface area (Å²) in [5, 5.41) is 1.18. The number of hydrogen-bond donors (Lipinski definition) is 0. The van der Waals surface area contributed by atoms with Crippen LogP contribution < -0.4 is 0 Å². The molecule has 5 heteroatoms. The van der Waals surface area contributed by atoms with Gasteiger partial charge in [-0.2, -0.15) is 9.69 Å². The molecule has 0 saturated carbocycles. The van der Waals surface area contributed by atoms with Crippen LogP contribution in [-0.4, -0.2) is 4.98 Å². The van der Waals surface area contributed by atoms with Gasteiger partial charge in [0.05, 0.1) is 16.0 Å². The van der Waals surface area contributed by atoms with Gasteiger partial charge in [0.25, 0.3) is 0 Å². The van der Waals surface area contributed by atoms with Gasteiger partial charge in [-0.1, -0.05) is 11.6 Å². The molecule has 0 amide bonds. The van der Waals surface area contributed by atoms with E-state index in [1.807, 2.05) is 6.92 Å². The van der Waals surface area contributed by atoms with Gasteiger partial charge in [0.1, 0.15) is 18.3 Å². The zero-order chi connectivity index (χ0) is 9.84. The first kappa shape index (κ1) is 9.73. The summed E-state index contributed by atoms with van der Waals surface area (Å²) in [4.78, 5) is 10.7. The van der Waals surface area contributed by atoms with E-state index in [0.29, 0.717) is 10.0 Å². The quantitative estimate of drug-likeness (QED) is 0.651. The topological polar surface area (TPSA) is 21.6 Å². The van der Waals surface area contributed by atoms with Crippen molar-refractivity contribution >= 4 is 29.0 Å². The number of halogens is 1. The van der Waals surface area contributed by atoms with Crippen LogP contribution in [0.15, 0.2) is 5.82 Å². The van der Waals surface area contributed by atoms with Crippen LogP contribution in [0.5, 0.6) is 0 Å². The fraction of sp³-hybridized carbons (Fsp3) is 0.125. The molecule has 0 atom stereocenters. The predicted molar refractivity (Wildman–Crippen MR) is 53.0 cm³/mol. The molecule has 0 aliphatic heterocycles. The Morgan fingerprint density at radius 2 is 2.15 bits per heavy atom. The van der Waals surface area contributed by atoms with Gasteiger partial charge in [-0.3, -0.25) is 0 Å². The van der Waals surface area contributed by atoms with Gasteiger partial charge in [0.2, 0.25) is 0 Å². The second-order valence-corrected chi connectivity index (χ2v) is 3.71. The van der Waals surface area contributed by atoms with Gasteiger partial charge in [0, 0.05) is 0 Å². The maximum atomic E-state index is 6.67. The maximum Gasteiger partial charge on any atom is 0.520 e. The van der Waals surface area contributed by atoms with Crippen molar-refractivity contribution in [3.63, 3.8) is 0 Å². The zero-order valence-electron chi connectivity index (χ0n) is 6.71. The monoisotopic (exact) mass is 209 g/mol. The summed E-state index contributed by atoms with van der Waals surface area (Å²) in [6.45, 7) is 15.2. The van der Waals surface area contributed by atoms with Crippen LogP contribution in [0.3, 0.4) is 0 Å². The smallest absolute Gasteiger partial charge is 0.229 e. The summed E-state index contributed by atoms with van der Waals surface area (Å²) in [6, 6.07) is 0. The van der Waals surface area contributed by atoms with E-state index in [2.05, 4.69) is 14.7 Å². The zero-order valence-corrected chi connectivity index (χ0v) is 8.28. The Morgan fingerprint density at radius 3 is 2.54 bits per heavy atom. The average molecular weight is 210 g/mol. The van der Waals surface area contributed by atoms with Crippen LogP contribution in [0.4, 0.5) is 0 Å². The number of rotatable bonds is 1. The van der Waals surface area contributed by atoms with Crippen LogP contribution in [-0.2, 0) is 0 Å². The molecule has 1 aromatic rings. The Hall–Kier alpha value is -1.36. The molecule has 0 unspecified atom stereocenters. The van der Waals surface area contributed by atoms with Gasteiger partial charge >= 0.3 is 5.82 Å². The Bertz CT molecular complexity index is 417. The molecular weight excluding hydrogens is 206 g/mol. The summed E-state index contributed by atoms with van der Waals surface area (Å²) < 4.78 is 0. The average Bonchev–Trinajstić information content (AvgIpc) is 2.41. The Balaban J connectivity index is 3.13. The highest BCUT2D eigenvalue weighted by atomic mass is 35.5. The molecule has 0 N–H and O–H groups in total. The van der Waals surface area contributed by atoms with E-state index < -0.39 is 0 Å². The van der Waals surface area contributed by atoms with E-state index >= 15 is 0 Å². The third-order valence-corrected chi connectivity index (χ3v) is 2.52. The van der Waals surface area contributed by atoms with Gasteiger partial charge in [-0.25, -0.2) is 4.98 Å².